The minimum absolute atomic E-state index is 0.0266. The summed E-state index contributed by atoms with van der Waals surface area (Å²) in [7, 11) is 0. The predicted octanol–water partition coefficient (Wildman–Crippen LogP) is 4.38. The summed E-state index contributed by atoms with van der Waals surface area (Å²) in [6.45, 7) is 10.3. The van der Waals surface area contributed by atoms with E-state index in [4.69, 9.17) is 0 Å². The molecule has 0 aliphatic rings. The van der Waals surface area contributed by atoms with Crippen LogP contribution in [-0.2, 0) is 0 Å². The van der Waals surface area contributed by atoms with E-state index in [0.29, 0.717) is 17.5 Å². The number of hydrogen-bond donors (Lipinski definition) is 0. The topological polar surface area (TPSA) is 33.2 Å². The normalized spacial score (nSPS) is 11.2. The van der Waals surface area contributed by atoms with Crippen LogP contribution in [0.1, 0.15) is 51.0 Å². The van der Waals surface area contributed by atoms with E-state index in [1.165, 1.54) is 0 Å². The molecule has 1 rings (SSSR count). The zero-order chi connectivity index (χ0) is 15.1. The molecule has 0 unspecified atom stereocenters. The first-order valence-corrected chi connectivity index (χ1v) is 8.11. The van der Waals surface area contributed by atoms with Crippen LogP contribution in [0.15, 0.2) is 22.8 Å². The molecule has 0 N–H and O–H groups in total. The molecule has 1 aromatic heterocycles. The quantitative estimate of drug-likeness (QED) is 0.737. The first-order chi connectivity index (χ1) is 9.41. The summed E-state index contributed by atoms with van der Waals surface area (Å²) < 4.78 is 0.768. The Balaban J connectivity index is 2.80. The van der Waals surface area contributed by atoms with Gasteiger partial charge in [-0.2, -0.15) is 0 Å². The third-order valence-electron chi connectivity index (χ3n) is 3.20. The van der Waals surface area contributed by atoms with Gasteiger partial charge in [-0.1, -0.05) is 27.7 Å². The number of nitrogens with zero attached hydrogens (tertiary/aromatic N) is 2. The summed E-state index contributed by atoms with van der Waals surface area (Å²) in [5.41, 5.74) is 0.514. The Hall–Kier alpha value is -0.900. The van der Waals surface area contributed by atoms with E-state index in [9.17, 15) is 4.79 Å². The number of rotatable bonds is 7. The number of hydrogen-bond acceptors (Lipinski definition) is 2. The van der Waals surface area contributed by atoms with E-state index in [2.05, 4.69) is 48.6 Å². The molecule has 0 bridgehead atoms. The zero-order valence-electron chi connectivity index (χ0n) is 12.9. The van der Waals surface area contributed by atoms with Gasteiger partial charge in [0.2, 0.25) is 0 Å². The van der Waals surface area contributed by atoms with Crippen LogP contribution in [0.5, 0.6) is 0 Å². The van der Waals surface area contributed by atoms with E-state index < -0.39 is 0 Å². The SMILES string of the molecule is CC(C)CCN(CCC(C)C)C(=O)c1ncccc1Br. The van der Waals surface area contributed by atoms with Gasteiger partial charge < -0.3 is 4.90 Å². The molecular weight excluding hydrogens is 316 g/mol. The Morgan fingerprint density at radius 1 is 1.20 bits per heavy atom. The highest BCUT2D eigenvalue weighted by Crippen LogP contribution is 2.17. The smallest absolute Gasteiger partial charge is 0.273 e. The molecule has 1 amide bonds. The van der Waals surface area contributed by atoms with Gasteiger partial charge >= 0.3 is 0 Å². The highest BCUT2D eigenvalue weighted by molar-refractivity contribution is 9.10. The summed E-state index contributed by atoms with van der Waals surface area (Å²) in [6.07, 6.45) is 3.71. The maximum Gasteiger partial charge on any atom is 0.273 e. The first kappa shape index (κ1) is 17.2. The molecule has 0 saturated carbocycles. The number of aromatic nitrogens is 1. The molecule has 4 heteroatoms. The number of pyridine rings is 1. The minimum atomic E-state index is 0.0266. The van der Waals surface area contributed by atoms with Crippen molar-refractivity contribution in [2.45, 2.75) is 40.5 Å². The number of amides is 1. The van der Waals surface area contributed by atoms with E-state index >= 15 is 0 Å². The standard InChI is InChI=1S/C16H25BrN2O/c1-12(2)7-10-19(11-8-13(3)4)16(20)15-14(17)6-5-9-18-15/h5-6,9,12-13H,7-8,10-11H2,1-4H3. The van der Waals surface area contributed by atoms with Crippen molar-refractivity contribution in [2.75, 3.05) is 13.1 Å². The highest BCUT2D eigenvalue weighted by Gasteiger charge is 2.19. The first-order valence-electron chi connectivity index (χ1n) is 7.31. The van der Waals surface area contributed by atoms with E-state index in [1.54, 1.807) is 6.20 Å². The largest absolute Gasteiger partial charge is 0.337 e. The lowest BCUT2D eigenvalue weighted by Crippen LogP contribution is -2.34. The van der Waals surface area contributed by atoms with Crippen molar-refractivity contribution < 1.29 is 4.79 Å². The Bertz CT molecular complexity index is 420. The lowest BCUT2D eigenvalue weighted by atomic mass is 10.1. The van der Waals surface area contributed by atoms with Crippen LogP contribution in [0.25, 0.3) is 0 Å². The Morgan fingerprint density at radius 3 is 2.20 bits per heavy atom. The molecule has 1 aromatic rings. The van der Waals surface area contributed by atoms with Gasteiger partial charge in [0.1, 0.15) is 5.69 Å². The third kappa shape index (κ3) is 5.61. The van der Waals surface area contributed by atoms with Gasteiger partial charge in [-0.05, 0) is 52.7 Å². The molecule has 0 aliphatic carbocycles. The van der Waals surface area contributed by atoms with E-state index in [0.717, 1.165) is 30.4 Å². The average Bonchev–Trinajstić information content (AvgIpc) is 2.38. The highest BCUT2D eigenvalue weighted by atomic mass is 79.9. The fraction of sp³-hybridized carbons (Fsp3) is 0.625. The van der Waals surface area contributed by atoms with Crippen LogP contribution in [0.2, 0.25) is 0 Å². The molecule has 0 radical (unpaired) electrons. The molecule has 0 spiro atoms. The summed E-state index contributed by atoms with van der Waals surface area (Å²) in [4.78, 5) is 18.8. The Labute approximate surface area is 130 Å². The summed E-state index contributed by atoms with van der Waals surface area (Å²) in [6, 6.07) is 3.69. The Kier molecular flexibility index (Phi) is 7.20. The van der Waals surface area contributed by atoms with Crippen LogP contribution in [0, 0.1) is 11.8 Å². The monoisotopic (exact) mass is 340 g/mol. The molecule has 0 aliphatic heterocycles. The predicted molar refractivity (Wildman–Crippen MR) is 86.8 cm³/mol. The molecule has 0 aromatic carbocycles. The fourth-order valence-corrected chi connectivity index (χ4v) is 2.26. The second kappa shape index (κ2) is 8.40. The van der Waals surface area contributed by atoms with Crippen molar-refractivity contribution in [3.05, 3.63) is 28.5 Å². The van der Waals surface area contributed by atoms with Gasteiger partial charge in [-0.15, -0.1) is 0 Å². The van der Waals surface area contributed by atoms with Gasteiger partial charge in [0, 0.05) is 23.8 Å². The van der Waals surface area contributed by atoms with Crippen LogP contribution >= 0.6 is 15.9 Å². The number of carbonyl (C=O) groups is 1. The summed E-state index contributed by atoms with van der Waals surface area (Å²) in [5.74, 6) is 1.21. The molecule has 1 heterocycles. The molecule has 20 heavy (non-hydrogen) atoms. The van der Waals surface area contributed by atoms with Crippen LogP contribution in [0.3, 0.4) is 0 Å². The van der Waals surface area contributed by atoms with Crippen LogP contribution < -0.4 is 0 Å². The van der Waals surface area contributed by atoms with Crippen molar-refractivity contribution in [2.24, 2.45) is 11.8 Å². The zero-order valence-corrected chi connectivity index (χ0v) is 14.5. The second-order valence-electron chi connectivity index (χ2n) is 5.99. The van der Waals surface area contributed by atoms with Gasteiger partial charge in [0.15, 0.2) is 0 Å². The molecule has 112 valence electrons. The molecule has 3 nitrogen and oxygen atoms in total. The molecule has 0 saturated heterocycles. The third-order valence-corrected chi connectivity index (χ3v) is 3.84. The summed E-state index contributed by atoms with van der Waals surface area (Å²) >= 11 is 3.42. The number of halogens is 1. The van der Waals surface area contributed by atoms with Crippen molar-refractivity contribution in [3.8, 4) is 0 Å². The van der Waals surface area contributed by atoms with Crippen LogP contribution in [-0.4, -0.2) is 28.9 Å². The van der Waals surface area contributed by atoms with Gasteiger partial charge in [-0.25, -0.2) is 4.98 Å². The van der Waals surface area contributed by atoms with Gasteiger partial charge in [0.25, 0.3) is 5.91 Å². The average molecular weight is 341 g/mol. The molecule has 0 fully saturated rings. The Morgan fingerprint density at radius 2 is 1.75 bits per heavy atom. The van der Waals surface area contributed by atoms with E-state index in [1.807, 2.05) is 17.0 Å². The van der Waals surface area contributed by atoms with Gasteiger partial charge in [-0.3, -0.25) is 4.79 Å². The fourth-order valence-electron chi connectivity index (χ4n) is 1.84. The van der Waals surface area contributed by atoms with Crippen molar-refractivity contribution in [1.82, 2.24) is 9.88 Å². The van der Waals surface area contributed by atoms with Crippen molar-refractivity contribution >= 4 is 21.8 Å². The minimum Gasteiger partial charge on any atom is -0.337 e. The molecule has 0 atom stereocenters. The number of carbonyl (C=O) groups excluding carboxylic acids is 1. The van der Waals surface area contributed by atoms with Crippen molar-refractivity contribution in [1.29, 1.82) is 0 Å². The maximum atomic E-state index is 12.6. The lowest BCUT2D eigenvalue weighted by molar-refractivity contribution is 0.0734. The maximum absolute atomic E-state index is 12.6. The molecular formula is C16H25BrN2O. The second-order valence-corrected chi connectivity index (χ2v) is 6.85. The summed E-state index contributed by atoms with van der Waals surface area (Å²) in [5, 5.41) is 0. The van der Waals surface area contributed by atoms with Crippen LogP contribution in [0.4, 0.5) is 0 Å². The lowest BCUT2D eigenvalue weighted by Gasteiger charge is -2.24. The van der Waals surface area contributed by atoms with E-state index in [-0.39, 0.29) is 5.91 Å². The van der Waals surface area contributed by atoms with Gasteiger partial charge in [0.05, 0.1) is 0 Å². The van der Waals surface area contributed by atoms with Crippen molar-refractivity contribution in [3.63, 3.8) is 0 Å².